The number of nitrogens with zero attached hydrogens (tertiary/aromatic N) is 1. The van der Waals surface area contributed by atoms with E-state index in [1.807, 2.05) is 24.3 Å². The van der Waals surface area contributed by atoms with Crippen LogP contribution in [0.4, 0.5) is 0 Å². The lowest BCUT2D eigenvalue weighted by Crippen LogP contribution is -1.99. The van der Waals surface area contributed by atoms with Crippen LogP contribution in [0.3, 0.4) is 0 Å². The second-order valence-corrected chi connectivity index (χ2v) is 4.30. The molecule has 0 aliphatic heterocycles. The first-order valence-corrected chi connectivity index (χ1v) is 5.84. The molecule has 0 saturated heterocycles. The Kier molecular flexibility index (Phi) is 3.64. The molecule has 0 atom stereocenters. The Hall–Kier alpha value is -1.54. The van der Waals surface area contributed by atoms with Gasteiger partial charge in [-0.1, -0.05) is 29.8 Å². The standard InChI is InChI=1S/C14H14ClNO/c1-10-5-3-7-13(11(10)2)17-9-12-6-4-8-16-14(12)15/h3-8H,9H2,1-2H3. The van der Waals surface area contributed by atoms with E-state index in [-0.39, 0.29) is 0 Å². The summed E-state index contributed by atoms with van der Waals surface area (Å²) in [5.74, 6) is 0.893. The number of aryl methyl sites for hydroxylation is 1. The predicted octanol–water partition coefficient (Wildman–Crippen LogP) is 3.93. The lowest BCUT2D eigenvalue weighted by Gasteiger charge is -2.11. The van der Waals surface area contributed by atoms with Crippen molar-refractivity contribution in [2.75, 3.05) is 0 Å². The summed E-state index contributed by atoms with van der Waals surface area (Å²) in [5, 5.41) is 0.498. The first kappa shape index (κ1) is 11.9. The number of aromatic nitrogens is 1. The Morgan fingerprint density at radius 2 is 2.00 bits per heavy atom. The Morgan fingerprint density at radius 1 is 1.18 bits per heavy atom. The molecule has 2 rings (SSSR count). The minimum Gasteiger partial charge on any atom is -0.489 e. The van der Waals surface area contributed by atoms with E-state index in [9.17, 15) is 0 Å². The molecule has 0 unspecified atom stereocenters. The first-order valence-electron chi connectivity index (χ1n) is 5.47. The van der Waals surface area contributed by atoms with Crippen LogP contribution in [-0.4, -0.2) is 4.98 Å². The number of pyridine rings is 1. The van der Waals surface area contributed by atoms with Crippen molar-refractivity contribution in [2.24, 2.45) is 0 Å². The van der Waals surface area contributed by atoms with Crippen LogP contribution in [0, 0.1) is 13.8 Å². The fraction of sp³-hybridized carbons (Fsp3) is 0.214. The summed E-state index contributed by atoms with van der Waals surface area (Å²) in [7, 11) is 0. The third kappa shape index (κ3) is 2.77. The molecule has 1 heterocycles. The van der Waals surface area contributed by atoms with Crippen LogP contribution < -0.4 is 4.74 Å². The molecule has 0 fully saturated rings. The van der Waals surface area contributed by atoms with E-state index in [1.165, 1.54) is 5.56 Å². The van der Waals surface area contributed by atoms with E-state index >= 15 is 0 Å². The molecule has 17 heavy (non-hydrogen) atoms. The van der Waals surface area contributed by atoms with Crippen molar-refractivity contribution in [2.45, 2.75) is 20.5 Å². The highest BCUT2D eigenvalue weighted by atomic mass is 35.5. The highest BCUT2D eigenvalue weighted by molar-refractivity contribution is 6.30. The van der Waals surface area contributed by atoms with Crippen LogP contribution in [0.2, 0.25) is 5.15 Å². The van der Waals surface area contributed by atoms with Crippen LogP contribution in [0.15, 0.2) is 36.5 Å². The van der Waals surface area contributed by atoms with Gasteiger partial charge >= 0.3 is 0 Å². The van der Waals surface area contributed by atoms with Gasteiger partial charge in [-0.15, -0.1) is 0 Å². The van der Waals surface area contributed by atoms with Gasteiger partial charge in [0.25, 0.3) is 0 Å². The van der Waals surface area contributed by atoms with E-state index in [4.69, 9.17) is 16.3 Å². The lowest BCUT2D eigenvalue weighted by atomic mass is 10.1. The van der Waals surface area contributed by atoms with Gasteiger partial charge in [0, 0.05) is 11.8 Å². The molecule has 0 spiro atoms. The molecule has 1 aromatic heterocycles. The molecule has 0 aliphatic rings. The van der Waals surface area contributed by atoms with Crippen molar-refractivity contribution >= 4 is 11.6 Å². The molecule has 0 bridgehead atoms. The van der Waals surface area contributed by atoms with Crippen molar-refractivity contribution in [3.05, 3.63) is 58.4 Å². The normalized spacial score (nSPS) is 10.3. The van der Waals surface area contributed by atoms with Gasteiger partial charge < -0.3 is 4.74 Å². The van der Waals surface area contributed by atoms with E-state index < -0.39 is 0 Å². The van der Waals surface area contributed by atoms with Gasteiger partial charge in [0.1, 0.15) is 17.5 Å². The number of hydrogen-bond donors (Lipinski definition) is 0. The fourth-order valence-corrected chi connectivity index (χ4v) is 1.74. The van der Waals surface area contributed by atoms with Gasteiger partial charge in [-0.25, -0.2) is 4.98 Å². The fourth-order valence-electron chi connectivity index (χ4n) is 1.56. The van der Waals surface area contributed by atoms with E-state index in [0.29, 0.717) is 11.8 Å². The largest absolute Gasteiger partial charge is 0.489 e. The van der Waals surface area contributed by atoms with Crippen molar-refractivity contribution in [3.8, 4) is 5.75 Å². The molecule has 0 N–H and O–H groups in total. The molecule has 2 aromatic rings. The van der Waals surface area contributed by atoms with Gasteiger partial charge in [0.05, 0.1) is 0 Å². The highest BCUT2D eigenvalue weighted by Gasteiger charge is 2.04. The molecular formula is C14H14ClNO. The van der Waals surface area contributed by atoms with Gasteiger partial charge in [-0.2, -0.15) is 0 Å². The Labute approximate surface area is 106 Å². The molecule has 88 valence electrons. The molecule has 0 aliphatic carbocycles. The van der Waals surface area contributed by atoms with Crippen molar-refractivity contribution in [1.29, 1.82) is 0 Å². The van der Waals surface area contributed by atoms with Crippen LogP contribution in [0.5, 0.6) is 5.75 Å². The molecule has 2 nitrogen and oxygen atoms in total. The van der Waals surface area contributed by atoms with Crippen LogP contribution >= 0.6 is 11.6 Å². The topological polar surface area (TPSA) is 22.1 Å². The smallest absolute Gasteiger partial charge is 0.135 e. The molecule has 0 radical (unpaired) electrons. The third-order valence-corrected chi connectivity index (χ3v) is 3.11. The van der Waals surface area contributed by atoms with Gasteiger partial charge in [-0.3, -0.25) is 0 Å². The number of hydrogen-bond acceptors (Lipinski definition) is 2. The average molecular weight is 248 g/mol. The molecule has 1 aromatic carbocycles. The van der Waals surface area contributed by atoms with E-state index in [0.717, 1.165) is 16.9 Å². The third-order valence-electron chi connectivity index (χ3n) is 2.77. The van der Waals surface area contributed by atoms with Gasteiger partial charge in [0.15, 0.2) is 0 Å². The zero-order valence-corrected chi connectivity index (χ0v) is 10.7. The zero-order valence-electron chi connectivity index (χ0n) is 9.90. The second-order valence-electron chi connectivity index (χ2n) is 3.94. The maximum atomic E-state index is 5.97. The first-order chi connectivity index (χ1) is 8.18. The average Bonchev–Trinajstić information content (AvgIpc) is 2.33. The summed E-state index contributed by atoms with van der Waals surface area (Å²) in [6.07, 6.45) is 1.67. The minimum absolute atomic E-state index is 0.441. The van der Waals surface area contributed by atoms with Gasteiger partial charge in [0.2, 0.25) is 0 Å². The van der Waals surface area contributed by atoms with E-state index in [2.05, 4.69) is 24.9 Å². The monoisotopic (exact) mass is 247 g/mol. The maximum Gasteiger partial charge on any atom is 0.135 e. The van der Waals surface area contributed by atoms with Crippen LogP contribution in [0.25, 0.3) is 0 Å². The summed E-state index contributed by atoms with van der Waals surface area (Å²) in [4.78, 5) is 4.02. The minimum atomic E-state index is 0.441. The Balaban J connectivity index is 2.13. The maximum absolute atomic E-state index is 5.97. The summed E-state index contributed by atoms with van der Waals surface area (Å²) >= 11 is 5.97. The predicted molar refractivity (Wildman–Crippen MR) is 69.5 cm³/mol. The number of benzene rings is 1. The Bertz CT molecular complexity index is 525. The Morgan fingerprint density at radius 3 is 2.76 bits per heavy atom. The zero-order chi connectivity index (χ0) is 12.3. The number of halogens is 1. The van der Waals surface area contributed by atoms with Crippen molar-refractivity contribution < 1.29 is 4.74 Å². The molecule has 0 saturated carbocycles. The van der Waals surface area contributed by atoms with Crippen molar-refractivity contribution in [3.63, 3.8) is 0 Å². The van der Waals surface area contributed by atoms with Gasteiger partial charge in [-0.05, 0) is 37.1 Å². The number of ether oxygens (including phenoxy) is 1. The second kappa shape index (κ2) is 5.19. The molecule has 3 heteroatoms. The summed E-state index contributed by atoms with van der Waals surface area (Å²) in [6, 6.07) is 9.79. The summed E-state index contributed by atoms with van der Waals surface area (Å²) in [6.45, 7) is 4.56. The summed E-state index contributed by atoms with van der Waals surface area (Å²) in [5.41, 5.74) is 3.28. The summed E-state index contributed by atoms with van der Waals surface area (Å²) < 4.78 is 5.76. The lowest BCUT2D eigenvalue weighted by molar-refractivity contribution is 0.303. The van der Waals surface area contributed by atoms with Crippen LogP contribution in [0.1, 0.15) is 16.7 Å². The number of rotatable bonds is 3. The van der Waals surface area contributed by atoms with E-state index in [1.54, 1.807) is 6.20 Å². The molecule has 0 amide bonds. The van der Waals surface area contributed by atoms with Crippen LogP contribution in [-0.2, 0) is 6.61 Å². The highest BCUT2D eigenvalue weighted by Crippen LogP contribution is 2.22. The van der Waals surface area contributed by atoms with Crippen molar-refractivity contribution in [1.82, 2.24) is 4.98 Å². The SMILES string of the molecule is Cc1cccc(OCc2cccnc2Cl)c1C. The quantitative estimate of drug-likeness (QED) is 0.767. The molecular weight excluding hydrogens is 234 g/mol.